The van der Waals surface area contributed by atoms with Gasteiger partial charge in [0.15, 0.2) is 5.66 Å². The molecule has 0 radical (unpaired) electrons. The standard InChI is InChI=1S/C28H44N6O2/c1-10-11-16-28(31-32-28)17-18-33(25(36)21-14-12-13-15-21)23(24(35)29-26(4,5)6)22-19(2)30-34(20(22)3)27(7,8)9/h1,21,23H,11-18H2,2-9H3,(H,29,35). The Bertz CT molecular complexity index is 1040. The third-order valence-electron chi connectivity index (χ3n) is 7.11. The highest BCUT2D eigenvalue weighted by atomic mass is 16.2. The first-order valence-corrected chi connectivity index (χ1v) is 13.3. The van der Waals surface area contributed by atoms with Gasteiger partial charge in [-0.15, -0.1) is 12.3 Å². The number of terminal acetylenes is 1. The van der Waals surface area contributed by atoms with Gasteiger partial charge in [-0.2, -0.15) is 15.3 Å². The van der Waals surface area contributed by atoms with E-state index in [1.165, 1.54) is 0 Å². The van der Waals surface area contributed by atoms with E-state index in [-0.39, 0.29) is 23.3 Å². The minimum atomic E-state index is -0.781. The van der Waals surface area contributed by atoms with E-state index in [0.29, 0.717) is 25.8 Å². The molecule has 1 aliphatic heterocycles. The van der Waals surface area contributed by atoms with E-state index in [1.54, 1.807) is 4.90 Å². The van der Waals surface area contributed by atoms with Crippen LogP contribution in [0.4, 0.5) is 0 Å². The Morgan fingerprint density at radius 1 is 1.14 bits per heavy atom. The molecule has 2 heterocycles. The molecule has 0 bridgehead atoms. The highest BCUT2D eigenvalue weighted by Gasteiger charge is 2.44. The molecule has 1 aromatic heterocycles. The van der Waals surface area contributed by atoms with Gasteiger partial charge in [0.05, 0.1) is 11.2 Å². The fraction of sp³-hybridized carbons (Fsp3) is 0.750. The molecule has 8 heteroatoms. The number of aryl methyl sites for hydroxylation is 1. The second-order valence-electron chi connectivity index (χ2n) is 12.5. The summed E-state index contributed by atoms with van der Waals surface area (Å²) in [6.07, 6.45) is 11.1. The van der Waals surface area contributed by atoms with Gasteiger partial charge < -0.3 is 10.2 Å². The summed E-state index contributed by atoms with van der Waals surface area (Å²) in [6, 6.07) is -0.781. The number of rotatable bonds is 9. The van der Waals surface area contributed by atoms with Crippen LogP contribution in [-0.2, 0) is 15.1 Å². The number of nitrogens with zero attached hydrogens (tertiary/aromatic N) is 5. The second kappa shape index (κ2) is 10.4. The van der Waals surface area contributed by atoms with Crippen LogP contribution in [0.2, 0.25) is 0 Å². The maximum absolute atomic E-state index is 14.0. The molecule has 8 nitrogen and oxygen atoms in total. The average molecular weight is 497 g/mol. The van der Waals surface area contributed by atoms with E-state index in [0.717, 1.165) is 42.6 Å². The Labute approximate surface area is 216 Å². The van der Waals surface area contributed by atoms with Gasteiger partial charge >= 0.3 is 0 Å². The van der Waals surface area contributed by atoms with Gasteiger partial charge in [-0.25, -0.2) is 0 Å². The first-order valence-electron chi connectivity index (χ1n) is 13.3. The molecule has 3 rings (SSSR count). The summed E-state index contributed by atoms with van der Waals surface area (Å²) in [4.78, 5) is 29.8. The van der Waals surface area contributed by atoms with E-state index < -0.39 is 17.2 Å². The average Bonchev–Trinajstić information content (AvgIpc) is 3.17. The topological polar surface area (TPSA) is 92.0 Å². The van der Waals surface area contributed by atoms with Crippen molar-refractivity contribution in [3.63, 3.8) is 0 Å². The van der Waals surface area contributed by atoms with Crippen LogP contribution in [0.1, 0.15) is 109 Å². The van der Waals surface area contributed by atoms with Crippen LogP contribution in [0.15, 0.2) is 10.2 Å². The third kappa shape index (κ3) is 6.35. The van der Waals surface area contributed by atoms with Gasteiger partial charge in [-0.1, -0.05) is 12.8 Å². The lowest BCUT2D eigenvalue weighted by atomic mass is 9.95. The molecule has 0 spiro atoms. The number of amides is 2. The zero-order valence-corrected chi connectivity index (χ0v) is 23.4. The second-order valence-corrected chi connectivity index (χ2v) is 12.5. The van der Waals surface area contributed by atoms with E-state index >= 15 is 0 Å². The van der Waals surface area contributed by atoms with Crippen molar-refractivity contribution in [1.82, 2.24) is 20.0 Å². The van der Waals surface area contributed by atoms with E-state index in [4.69, 9.17) is 11.5 Å². The largest absolute Gasteiger partial charge is 0.349 e. The molecule has 1 saturated carbocycles. The number of carbonyl (C=O) groups excluding carboxylic acids is 2. The highest BCUT2D eigenvalue weighted by molar-refractivity contribution is 5.90. The molecule has 1 aliphatic carbocycles. The molecule has 0 saturated heterocycles. The molecule has 1 unspecified atom stereocenters. The summed E-state index contributed by atoms with van der Waals surface area (Å²) in [5, 5.41) is 16.5. The number of carbonyl (C=O) groups is 2. The Morgan fingerprint density at radius 3 is 2.22 bits per heavy atom. The fourth-order valence-electron chi connectivity index (χ4n) is 5.31. The number of aromatic nitrogens is 2. The summed E-state index contributed by atoms with van der Waals surface area (Å²) in [7, 11) is 0. The monoisotopic (exact) mass is 496 g/mol. The first-order chi connectivity index (χ1) is 16.7. The quantitative estimate of drug-likeness (QED) is 0.477. The lowest BCUT2D eigenvalue weighted by Gasteiger charge is -2.36. The lowest BCUT2D eigenvalue weighted by molar-refractivity contribution is -0.144. The van der Waals surface area contributed by atoms with Crippen LogP contribution in [0, 0.1) is 32.1 Å². The van der Waals surface area contributed by atoms with Crippen molar-refractivity contribution in [3.8, 4) is 12.3 Å². The van der Waals surface area contributed by atoms with Crippen molar-refractivity contribution < 1.29 is 9.59 Å². The van der Waals surface area contributed by atoms with Gasteiger partial charge in [-0.3, -0.25) is 14.3 Å². The maximum Gasteiger partial charge on any atom is 0.247 e. The molecule has 0 aromatic carbocycles. The molecule has 2 amide bonds. The van der Waals surface area contributed by atoms with Gasteiger partial charge in [0.1, 0.15) is 6.04 Å². The minimum absolute atomic E-state index is 0.0385. The Morgan fingerprint density at radius 2 is 1.75 bits per heavy atom. The van der Waals surface area contributed by atoms with E-state index in [9.17, 15) is 9.59 Å². The number of hydrogen-bond donors (Lipinski definition) is 1. The molecule has 2 aliphatic rings. The Balaban J connectivity index is 2.07. The first kappa shape index (κ1) is 27.9. The molecule has 198 valence electrons. The van der Waals surface area contributed by atoms with E-state index in [1.807, 2.05) is 39.3 Å². The van der Waals surface area contributed by atoms with Gasteiger partial charge in [-0.05, 0) is 68.2 Å². The molecule has 1 N–H and O–H groups in total. The number of nitrogens with one attached hydrogen (secondary N) is 1. The summed E-state index contributed by atoms with van der Waals surface area (Å²) in [6.45, 7) is 16.5. The van der Waals surface area contributed by atoms with Crippen LogP contribution in [0.3, 0.4) is 0 Å². The minimum Gasteiger partial charge on any atom is -0.349 e. The molecule has 36 heavy (non-hydrogen) atoms. The van der Waals surface area contributed by atoms with Crippen molar-refractivity contribution in [2.45, 2.75) is 123 Å². The van der Waals surface area contributed by atoms with E-state index in [2.05, 4.69) is 42.2 Å². The lowest BCUT2D eigenvalue weighted by Crippen LogP contribution is -2.51. The Kier molecular flexibility index (Phi) is 8.02. The predicted octanol–water partition coefficient (Wildman–Crippen LogP) is 5.20. The zero-order valence-electron chi connectivity index (χ0n) is 23.4. The van der Waals surface area contributed by atoms with Crippen LogP contribution in [0.25, 0.3) is 0 Å². The van der Waals surface area contributed by atoms with Gasteiger partial charge in [0.25, 0.3) is 0 Å². The smallest absolute Gasteiger partial charge is 0.247 e. The molecule has 1 aromatic rings. The maximum atomic E-state index is 14.0. The van der Waals surface area contributed by atoms with Crippen LogP contribution < -0.4 is 5.32 Å². The van der Waals surface area contributed by atoms with Crippen molar-refractivity contribution in [2.75, 3.05) is 6.54 Å². The summed E-state index contributed by atoms with van der Waals surface area (Å²) < 4.78 is 1.97. The van der Waals surface area contributed by atoms with Crippen molar-refractivity contribution in [2.24, 2.45) is 16.1 Å². The predicted molar refractivity (Wildman–Crippen MR) is 141 cm³/mol. The molecule has 1 fully saturated rings. The summed E-state index contributed by atoms with van der Waals surface area (Å²) >= 11 is 0. The van der Waals surface area contributed by atoms with Crippen molar-refractivity contribution in [1.29, 1.82) is 0 Å². The SMILES string of the molecule is C#CCCC1(CCN(C(=O)C2CCCC2)C(C(=O)NC(C)(C)C)c2c(C)nn(C(C)(C)C)c2C)N=N1. The van der Waals surface area contributed by atoms with Crippen LogP contribution in [0.5, 0.6) is 0 Å². The van der Waals surface area contributed by atoms with Crippen LogP contribution >= 0.6 is 0 Å². The molecular weight excluding hydrogens is 452 g/mol. The highest BCUT2D eigenvalue weighted by Crippen LogP contribution is 2.39. The third-order valence-corrected chi connectivity index (χ3v) is 7.11. The van der Waals surface area contributed by atoms with Gasteiger partial charge in [0.2, 0.25) is 11.8 Å². The molecular formula is C28H44N6O2. The Hall–Kier alpha value is -2.69. The zero-order chi connectivity index (χ0) is 26.9. The van der Waals surface area contributed by atoms with Crippen molar-refractivity contribution in [3.05, 3.63) is 17.0 Å². The van der Waals surface area contributed by atoms with Gasteiger partial charge in [0, 0.05) is 48.5 Å². The number of hydrogen-bond acceptors (Lipinski definition) is 5. The van der Waals surface area contributed by atoms with Crippen molar-refractivity contribution >= 4 is 11.8 Å². The molecule has 1 atom stereocenters. The normalized spacial score (nSPS) is 18.1. The van der Waals surface area contributed by atoms with Crippen LogP contribution in [-0.4, -0.2) is 44.2 Å². The summed E-state index contributed by atoms with van der Waals surface area (Å²) in [5.41, 5.74) is 1.23. The summed E-state index contributed by atoms with van der Waals surface area (Å²) in [5.74, 6) is 2.46. The fourth-order valence-corrected chi connectivity index (χ4v) is 5.31.